The van der Waals surface area contributed by atoms with Crippen LogP contribution in [0.3, 0.4) is 0 Å². The molecule has 0 aliphatic rings. The predicted molar refractivity (Wildman–Crippen MR) is 240 cm³/mol. The van der Waals surface area contributed by atoms with E-state index in [0.717, 1.165) is 60.6 Å². The number of ether oxygens (including phenoxy) is 2. The maximum atomic E-state index is 11.9. The van der Waals surface area contributed by atoms with E-state index in [0.29, 0.717) is 13.2 Å². The van der Waals surface area contributed by atoms with Crippen molar-refractivity contribution in [3.63, 3.8) is 0 Å². The van der Waals surface area contributed by atoms with Crippen LogP contribution in [-0.2, 0) is 51.8 Å². The number of thiol groups is 1. The van der Waals surface area contributed by atoms with Gasteiger partial charge in [0.25, 0.3) is 0 Å². The van der Waals surface area contributed by atoms with Gasteiger partial charge in [0, 0.05) is 18.1 Å². The summed E-state index contributed by atoms with van der Waals surface area (Å²) in [5.74, 6) is -0.681. The van der Waals surface area contributed by atoms with E-state index in [1.807, 2.05) is 80.6 Å². The second-order valence-electron chi connectivity index (χ2n) is 13.2. The predicted octanol–water partition coefficient (Wildman–Crippen LogP) is 7.93. The van der Waals surface area contributed by atoms with Crippen LogP contribution >= 0.6 is 28.7 Å². The fourth-order valence-electron chi connectivity index (χ4n) is 5.97. The Morgan fingerprint density at radius 2 is 1.08 bits per heavy atom. The molecule has 0 aliphatic carbocycles. The van der Waals surface area contributed by atoms with Gasteiger partial charge in [-0.15, -0.1) is 0 Å². The van der Waals surface area contributed by atoms with Crippen LogP contribution in [0.15, 0.2) is 122 Å². The van der Waals surface area contributed by atoms with E-state index in [1.165, 1.54) is 12.5 Å². The number of sulfone groups is 2. The zero-order valence-corrected chi connectivity index (χ0v) is 38.0. The molecule has 4 aromatic carbocycles. The summed E-state index contributed by atoms with van der Waals surface area (Å²) in [6.07, 6.45) is 2.39. The summed E-state index contributed by atoms with van der Waals surface area (Å²) < 4.78 is 64.0. The molecular weight excluding hydrogens is 889 g/mol. The van der Waals surface area contributed by atoms with Crippen LogP contribution in [0.2, 0.25) is 0 Å². The van der Waals surface area contributed by atoms with Gasteiger partial charge in [0.1, 0.15) is 13.1 Å². The molecular formula is C42H44BBrN5O8S3. The minimum absolute atomic E-state index is 0.0216. The zero-order chi connectivity index (χ0) is 44.2. The van der Waals surface area contributed by atoms with Crippen LogP contribution in [0.5, 0.6) is 0 Å². The number of hydrogen-bond acceptors (Lipinski definition) is 12. The second kappa shape index (κ2) is 21.4. The van der Waals surface area contributed by atoms with Crippen molar-refractivity contribution < 1.29 is 35.9 Å². The van der Waals surface area contributed by atoms with Gasteiger partial charge in [0.15, 0.2) is 19.7 Å². The molecule has 0 amide bonds. The number of carbonyl (C=O) groups excluding carboxylic acids is 2. The Hall–Kier alpha value is -5.17. The monoisotopic (exact) mass is 932 g/mol. The average molecular weight is 934 g/mol. The van der Waals surface area contributed by atoms with Gasteiger partial charge >= 0.3 is 36.7 Å². The second-order valence-corrected chi connectivity index (χ2v) is 18.3. The van der Waals surface area contributed by atoms with E-state index < -0.39 is 19.7 Å². The topological polar surface area (TPSA) is 169 Å². The van der Waals surface area contributed by atoms with Crippen molar-refractivity contribution in [1.29, 1.82) is 0 Å². The van der Waals surface area contributed by atoms with Crippen molar-refractivity contribution in [2.75, 3.05) is 25.7 Å². The molecule has 18 heteroatoms. The number of carbonyl (C=O) groups is 2. The molecule has 13 nitrogen and oxygen atoms in total. The zero-order valence-electron chi connectivity index (χ0n) is 33.9. The fraction of sp³-hybridized carbons (Fsp3) is 0.238. The van der Waals surface area contributed by atoms with Crippen molar-refractivity contribution in [2.45, 2.75) is 50.6 Å². The van der Waals surface area contributed by atoms with Crippen LogP contribution in [-0.4, -0.2) is 81.7 Å². The molecule has 0 spiro atoms. The van der Waals surface area contributed by atoms with Crippen molar-refractivity contribution in [3.05, 3.63) is 119 Å². The number of rotatable bonds is 12. The number of aryl methyl sites for hydroxylation is 2. The van der Waals surface area contributed by atoms with Gasteiger partial charge in [-0.05, 0) is 102 Å². The average Bonchev–Trinajstić information content (AvgIpc) is 3.70. The van der Waals surface area contributed by atoms with Gasteiger partial charge in [0.2, 0.25) is 0 Å². The Bertz CT molecular complexity index is 2680. The molecule has 0 N–H and O–H groups in total. The Morgan fingerprint density at radius 3 is 1.52 bits per heavy atom. The van der Waals surface area contributed by atoms with Crippen molar-refractivity contribution in [3.8, 4) is 44.8 Å². The Labute approximate surface area is 365 Å². The molecule has 2 aromatic heterocycles. The first-order valence-corrected chi connectivity index (χ1v) is 23.3. The summed E-state index contributed by atoms with van der Waals surface area (Å²) in [4.78, 5) is 24.3. The molecule has 0 bridgehead atoms. The summed E-state index contributed by atoms with van der Waals surface area (Å²) in [5, 5.41) is 8.81. The van der Waals surface area contributed by atoms with Gasteiger partial charge in [0.05, 0.1) is 50.3 Å². The minimum atomic E-state index is -3.27. The standard InChI is InChI=1S/C21H21BrN2O4S.C21H22N2O4S.BHNS/c1-4-28-19(25)13-24-21(20(22)14(2)23-24)16-10-8-15(9-11-16)17-6-5-7-18(12-17)29(3,26)27;1-4-27-21(24)14-23-20(12-15(2)22-23)17-10-8-16(9-11-17)18-6-5-7-19(13-18)28(3,25)26;1-2-3/h5-12H,4,13H2,1-3H3;5-13H,4,14H2,1-3H3;3H. The molecule has 0 unspecified atom stereocenters. The number of halogens is 1. The molecule has 0 aliphatic heterocycles. The van der Waals surface area contributed by atoms with Gasteiger partial charge in [-0.3, -0.25) is 19.0 Å². The third-order valence-electron chi connectivity index (χ3n) is 8.65. The first-order chi connectivity index (χ1) is 28.4. The van der Waals surface area contributed by atoms with Gasteiger partial charge < -0.3 is 9.47 Å². The van der Waals surface area contributed by atoms with Crippen molar-refractivity contribution in [2.24, 2.45) is 4.30 Å². The molecule has 0 fully saturated rings. The molecule has 0 saturated heterocycles. The van der Waals surface area contributed by atoms with Crippen LogP contribution < -0.4 is 0 Å². The quantitative estimate of drug-likeness (QED) is 0.0723. The summed E-state index contributed by atoms with van der Waals surface area (Å²) in [6, 6.07) is 31.0. The molecule has 6 aromatic rings. The van der Waals surface area contributed by atoms with Crippen LogP contribution in [0.1, 0.15) is 25.2 Å². The Kier molecular flexibility index (Phi) is 16.9. The molecule has 0 saturated carbocycles. The summed E-state index contributed by atoms with van der Waals surface area (Å²) in [7, 11) is -2.19. The van der Waals surface area contributed by atoms with Crippen LogP contribution in [0, 0.1) is 13.8 Å². The third-order valence-corrected chi connectivity index (χ3v) is 11.8. The molecule has 0 atom stereocenters. The number of aromatic nitrogens is 4. The number of esters is 2. The fourth-order valence-corrected chi connectivity index (χ4v) is 7.82. The van der Waals surface area contributed by atoms with E-state index in [2.05, 4.69) is 50.9 Å². The SMILES string of the molecule is CCOC(=O)Cn1nc(C)c(Br)c1-c1ccc(-c2cccc(S(C)(=O)=O)c2)cc1.CCOC(=O)Cn1nc(C)cc1-c1ccc(-c2cccc(S(C)(=O)=O)c2)cc1.[B]=NS. The third kappa shape index (κ3) is 12.9. The van der Waals surface area contributed by atoms with E-state index in [-0.39, 0.29) is 34.8 Å². The summed E-state index contributed by atoms with van der Waals surface area (Å²) in [5.41, 5.74) is 8.41. The normalized spacial score (nSPS) is 11.1. The molecule has 60 heavy (non-hydrogen) atoms. The van der Waals surface area contributed by atoms with Crippen LogP contribution in [0.25, 0.3) is 44.8 Å². The molecule has 1 radical (unpaired) electrons. The van der Waals surface area contributed by atoms with Gasteiger partial charge in [-0.2, -0.15) is 10.2 Å². The Balaban J connectivity index is 0.000000249. The number of benzene rings is 4. The first-order valence-electron chi connectivity index (χ1n) is 18.3. The maximum absolute atomic E-state index is 11.9. The number of hydrogen-bond donors (Lipinski definition) is 1. The van der Waals surface area contributed by atoms with Crippen molar-refractivity contribution in [1.82, 2.24) is 19.6 Å². The molecule has 313 valence electrons. The van der Waals surface area contributed by atoms with E-state index in [4.69, 9.17) is 9.47 Å². The van der Waals surface area contributed by atoms with Gasteiger partial charge in [-0.25, -0.2) is 16.8 Å². The van der Waals surface area contributed by atoms with E-state index >= 15 is 0 Å². The first kappa shape index (κ1) is 47.5. The summed E-state index contributed by atoms with van der Waals surface area (Å²) >= 11 is 6.75. The van der Waals surface area contributed by atoms with Crippen molar-refractivity contribution >= 4 is 68.0 Å². The van der Waals surface area contributed by atoms with E-state index in [9.17, 15) is 26.4 Å². The number of nitrogens with zero attached hydrogens (tertiary/aromatic N) is 5. The Morgan fingerprint density at radius 1 is 0.667 bits per heavy atom. The van der Waals surface area contributed by atoms with Crippen LogP contribution in [0.4, 0.5) is 0 Å². The van der Waals surface area contributed by atoms with Gasteiger partial charge in [-0.1, -0.05) is 72.8 Å². The molecule has 2 heterocycles. The summed E-state index contributed by atoms with van der Waals surface area (Å²) in [6.45, 7) is 7.98. The molecule has 6 rings (SSSR count). The van der Waals surface area contributed by atoms with E-state index in [1.54, 1.807) is 59.6 Å².